The van der Waals surface area contributed by atoms with E-state index in [1.807, 2.05) is 6.92 Å². The Bertz CT molecular complexity index is 388. The zero-order chi connectivity index (χ0) is 12.0. The molecule has 0 aliphatic carbocycles. The topological polar surface area (TPSA) is 55.2 Å². The van der Waals surface area contributed by atoms with Gasteiger partial charge < -0.3 is 5.32 Å². The fourth-order valence-electron chi connectivity index (χ4n) is 1.34. The molecule has 0 saturated heterocycles. The van der Waals surface area contributed by atoms with E-state index in [4.69, 9.17) is 0 Å². The van der Waals surface area contributed by atoms with Crippen LogP contribution in [0.5, 0.6) is 0 Å². The van der Waals surface area contributed by atoms with Crippen LogP contribution in [-0.2, 0) is 6.54 Å². The molecular formula is C12H16N2O2. The normalized spacial score (nSPS) is 10.1. The van der Waals surface area contributed by atoms with Crippen LogP contribution in [0, 0.1) is 10.1 Å². The van der Waals surface area contributed by atoms with Gasteiger partial charge in [0.05, 0.1) is 4.92 Å². The number of hydrogen-bond donors (Lipinski definition) is 1. The number of nitrogens with zero attached hydrogens (tertiary/aromatic N) is 1. The maximum Gasteiger partial charge on any atom is 0.273 e. The maximum absolute atomic E-state index is 10.7. The molecule has 1 aromatic carbocycles. The summed E-state index contributed by atoms with van der Waals surface area (Å²) in [6.07, 6.45) is 0.921. The Morgan fingerprint density at radius 2 is 2.19 bits per heavy atom. The van der Waals surface area contributed by atoms with Crippen molar-refractivity contribution in [2.24, 2.45) is 0 Å². The second-order valence-electron chi connectivity index (χ2n) is 3.59. The minimum absolute atomic E-state index is 0.164. The average molecular weight is 220 g/mol. The lowest BCUT2D eigenvalue weighted by molar-refractivity contribution is -0.385. The van der Waals surface area contributed by atoms with Crippen molar-refractivity contribution in [2.75, 3.05) is 6.54 Å². The van der Waals surface area contributed by atoms with Gasteiger partial charge in [0.25, 0.3) is 5.69 Å². The molecule has 0 fully saturated rings. The Kier molecular flexibility index (Phi) is 4.66. The van der Waals surface area contributed by atoms with Gasteiger partial charge in [-0.3, -0.25) is 10.1 Å². The number of nitrogens with one attached hydrogen (secondary N) is 1. The van der Waals surface area contributed by atoms with E-state index in [0.29, 0.717) is 18.7 Å². The lowest BCUT2D eigenvalue weighted by Gasteiger charge is -2.06. The third kappa shape index (κ3) is 3.47. The first-order valence-corrected chi connectivity index (χ1v) is 5.24. The van der Waals surface area contributed by atoms with E-state index in [2.05, 4.69) is 11.9 Å². The molecule has 0 radical (unpaired) electrons. The molecule has 86 valence electrons. The number of hydrogen-bond acceptors (Lipinski definition) is 3. The highest BCUT2D eigenvalue weighted by molar-refractivity contribution is 5.39. The standard InChI is InChI=1S/C12H16N2O2/c1-3-10(2)8-13-9-11-6-4-5-7-12(11)14(15)16/h4-7,13H,2-3,8-9H2,1H3. The summed E-state index contributed by atoms with van der Waals surface area (Å²) in [6, 6.07) is 6.76. The van der Waals surface area contributed by atoms with E-state index in [0.717, 1.165) is 12.0 Å². The SMILES string of the molecule is C=C(CC)CNCc1ccccc1[N+](=O)[O-]. The molecule has 0 heterocycles. The van der Waals surface area contributed by atoms with Gasteiger partial charge in [-0.25, -0.2) is 0 Å². The van der Waals surface area contributed by atoms with E-state index in [1.165, 1.54) is 6.07 Å². The molecule has 16 heavy (non-hydrogen) atoms. The van der Waals surface area contributed by atoms with Crippen molar-refractivity contribution in [3.05, 3.63) is 52.1 Å². The number of nitro groups is 1. The second kappa shape index (κ2) is 6.02. The first-order valence-electron chi connectivity index (χ1n) is 5.24. The summed E-state index contributed by atoms with van der Waals surface area (Å²) in [5.74, 6) is 0. The van der Waals surface area contributed by atoms with E-state index in [9.17, 15) is 10.1 Å². The molecule has 4 nitrogen and oxygen atoms in total. The van der Waals surface area contributed by atoms with E-state index in [-0.39, 0.29) is 10.6 Å². The summed E-state index contributed by atoms with van der Waals surface area (Å²) in [5, 5.41) is 13.9. The Hall–Kier alpha value is -1.68. The fraction of sp³-hybridized carbons (Fsp3) is 0.333. The first kappa shape index (κ1) is 12.4. The summed E-state index contributed by atoms with van der Waals surface area (Å²) in [7, 11) is 0. The molecule has 1 rings (SSSR count). The molecule has 0 aliphatic heterocycles. The van der Waals surface area contributed by atoms with Crippen LogP contribution in [0.4, 0.5) is 5.69 Å². The van der Waals surface area contributed by atoms with Gasteiger partial charge in [0.15, 0.2) is 0 Å². The summed E-state index contributed by atoms with van der Waals surface area (Å²) in [5.41, 5.74) is 1.96. The van der Waals surface area contributed by atoms with Gasteiger partial charge in [0.1, 0.15) is 0 Å². The predicted molar refractivity (Wildman–Crippen MR) is 64.2 cm³/mol. The van der Waals surface area contributed by atoms with Gasteiger partial charge in [0.2, 0.25) is 0 Å². The molecule has 0 aliphatic rings. The number of rotatable bonds is 6. The summed E-state index contributed by atoms with van der Waals surface area (Å²) >= 11 is 0. The van der Waals surface area contributed by atoms with Crippen LogP contribution < -0.4 is 5.32 Å². The van der Waals surface area contributed by atoms with Crippen molar-refractivity contribution >= 4 is 5.69 Å². The highest BCUT2D eigenvalue weighted by Crippen LogP contribution is 2.17. The van der Waals surface area contributed by atoms with E-state index < -0.39 is 0 Å². The van der Waals surface area contributed by atoms with Gasteiger partial charge in [0, 0.05) is 24.7 Å². The third-order valence-corrected chi connectivity index (χ3v) is 2.38. The lowest BCUT2D eigenvalue weighted by atomic mass is 10.1. The summed E-state index contributed by atoms with van der Waals surface area (Å²) in [6.45, 7) is 7.10. The molecular weight excluding hydrogens is 204 g/mol. The second-order valence-corrected chi connectivity index (χ2v) is 3.59. The Labute approximate surface area is 95.1 Å². The van der Waals surface area contributed by atoms with Crippen LogP contribution in [-0.4, -0.2) is 11.5 Å². The minimum Gasteiger partial charge on any atom is -0.309 e. The molecule has 4 heteroatoms. The molecule has 0 amide bonds. The predicted octanol–water partition coefficient (Wildman–Crippen LogP) is 2.65. The lowest BCUT2D eigenvalue weighted by Crippen LogP contribution is -2.16. The van der Waals surface area contributed by atoms with Crippen LogP contribution in [0.3, 0.4) is 0 Å². The minimum atomic E-state index is -0.356. The highest BCUT2D eigenvalue weighted by Gasteiger charge is 2.11. The van der Waals surface area contributed by atoms with Crippen molar-refractivity contribution in [3.8, 4) is 0 Å². The zero-order valence-corrected chi connectivity index (χ0v) is 9.40. The summed E-state index contributed by atoms with van der Waals surface area (Å²) < 4.78 is 0. The number of benzene rings is 1. The van der Waals surface area contributed by atoms with Crippen LogP contribution in [0.15, 0.2) is 36.4 Å². The molecule has 0 aromatic heterocycles. The van der Waals surface area contributed by atoms with Crippen LogP contribution >= 0.6 is 0 Å². The molecule has 0 bridgehead atoms. The van der Waals surface area contributed by atoms with Crippen LogP contribution in [0.1, 0.15) is 18.9 Å². The molecule has 1 N–H and O–H groups in total. The molecule has 0 unspecified atom stereocenters. The Morgan fingerprint density at radius 1 is 1.50 bits per heavy atom. The van der Waals surface area contributed by atoms with Crippen LogP contribution in [0.25, 0.3) is 0 Å². The van der Waals surface area contributed by atoms with Gasteiger partial charge in [-0.2, -0.15) is 0 Å². The molecule has 0 saturated carbocycles. The fourth-order valence-corrected chi connectivity index (χ4v) is 1.34. The number of para-hydroxylation sites is 1. The van der Waals surface area contributed by atoms with Gasteiger partial charge in [-0.05, 0) is 6.42 Å². The van der Waals surface area contributed by atoms with Crippen molar-refractivity contribution in [2.45, 2.75) is 19.9 Å². The third-order valence-electron chi connectivity index (χ3n) is 2.38. The molecule has 0 atom stereocenters. The van der Waals surface area contributed by atoms with Crippen molar-refractivity contribution in [1.29, 1.82) is 0 Å². The average Bonchev–Trinajstić information content (AvgIpc) is 2.29. The zero-order valence-electron chi connectivity index (χ0n) is 9.40. The van der Waals surface area contributed by atoms with Crippen molar-refractivity contribution in [1.82, 2.24) is 5.32 Å². The summed E-state index contributed by atoms with van der Waals surface area (Å²) in [4.78, 5) is 10.4. The monoisotopic (exact) mass is 220 g/mol. The number of nitro benzene ring substituents is 1. The Balaban J connectivity index is 2.60. The quantitative estimate of drug-likeness (QED) is 0.455. The van der Waals surface area contributed by atoms with E-state index in [1.54, 1.807) is 18.2 Å². The van der Waals surface area contributed by atoms with Crippen LogP contribution in [0.2, 0.25) is 0 Å². The maximum atomic E-state index is 10.7. The van der Waals surface area contributed by atoms with Gasteiger partial charge in [-0.1, -0.05) is 37.3 Å². The van der Waals surface area contributed by atoms with Crippen molar-refractivity contribution in [3.63, 3.8) is 0 Å². The van der Waals surface area contributed by atoms with Gasteiger partial charge in [-0.15, -0.1) is 0 Å². The Morgan fingerprint density at radius 3 is 2.81 bits per heavy atom. The highest BCUT2D eigenvalue weighted by atomic mass is 16.6. The largest absolute Gasteiger partial charge is 0.309 e. The van der Waals surface area contributed by atoms with E-state index >= 15 is 0 Å². The smallest absolute Gasteiger partial charge is 0.273 e. The van der Waals surface area contributed by atoms with Gasteiger partial charge >= 0.3 is 0 Å². The van der Waals surface area contributed by atoms with Crippen molar-refractivity contribution < 1.29 is 4.92 Å². The first-order chi connectivity index (χ1) is 7.65. The molecule has 1 aromatic rings. The molecule has 0 spiro atoms.